The van der Waals surface area contributed by atoms with E-state index in [1.54, 1.807) is 0 Å². The molecule has 1 aliphatic carbocycles. The standard InChI is InChI=1S/C58H39N3S/c1-2-14-42(15-3-1)60-53-19-9-7-17-48(53)51-36-45(30-32-55(51)60)59(46-31-33-58-52(37-46)49-18-8-11-21-57(49)62-58)43-26-22-38(23-27-43)39-24-28-44(29-25-39)61-54-20-10-6-16-47(54)50-34-40-12-4-5-13-41(40)35-56(50)61/h1-31,33-37,55H,32H2. The van der Waals surface area contributed by atoms with Crippen molar-refractivity contribution in [1.82, 2.24) is 4.57 Å². The molecule has 11 aromatic rings. The minimum absolute atomic E-state index is 0.232. The van der Waals surface area contributed by atoms with E-state index in [-0.39, 0.29) is 6.04 Å². The van der Waals surface area contributed by atoms with Crippen LogP contribution >= 0.6 is 11.3 Å². The molecule has 4 heteroatoms. The third-order valence-electron chi connectivity index (χ3n) is 13.0. The van der Waals surface area contributed by atoms with Gasteiger partial charge >= 0.3 is 0 Å². The third-order valence-corrected chi connectivity index (χ3v) is 14.2. The Morgan fingerprint density at radius 3 is 1.97 bits per heavy atom. The summed E-state index contributed by atoms with van der Waals surface area (Å²) in [5.74, 6) is 0. The molecule has 0 bridgehead atoms. The number of allylic oxidation sites excluding steroid dienone is 1. The molecule has 2 aromatic heterocycles. The van der Waals surface area contributed by atoms with E-state index in [1.165, 1.54) is 92.1 Å². The van der Waals surface area contributed by atoms with Crippen molar-refractivity contribution in [3.63, 3.8) is 0 Å². The van der Waals surface area contributed by atoms with Crippen LogP contribution in [-0.4, -0.2) is 10.6 Å². The molecule has 2 aliphatic rings. The van der Waals surface area contributed by atoms with E-state index in [2.05, 4.69) is 233 Å². The van der Waals surface area contributed by atoms with Crippen LogP contribution in [0.5, 0.6) is 0 Å². The van der Waals surface area contributed by atoms with Crippen molar-refractivity contribution >= 4 is 92.4 Å². The summed E-state index contributed by atoms with van der Waals surface area (Å²) in [4.78, 5) is 4.98. The molecule has 0 radical (unpaired) electrons. The first-order valence-corrected chi connectivity index (χ1v) is 22.2. The Kier molecular flexibility index (Phi) is 7.91. The molecule has 292 valence electrons. The van der Waals surface area contributed by atoms with Crippen LogP contribution in [0.2, 0.25) is 0 Å². The van der Waals surface area contributed by atoms with Gasteiger partial charge in [-0.1, -0.05) is 127 Å². The number of hydrogen-bond donors (Lipinski definition) is 0. The second-order valence-electron chi connectivity index (χ2n) is 16.5. The largest absolute Gasteiger partial charge is 0.333 e. The van der Waals surface area contributed by atoms with Gasteiger partial charge in [0, 0.05) is 70.6 Å². The fraction of sp³-hybridized carbons (Fsp3) is 0.0345. The quantitative estimate of drug-likeness (QED) is 0.166. The molecule has 1 aliphatic heterocycles. The fourth-order valence-electron chi connectivity index (χ4n) is 10.2. The lowest BCUT2D eigenvalue weighted by Crippen LogP contribution is -2.29. The van der Waals surface area contributed by atoms with Gasteiger partial charge in [-0.15, -0.1) is 11.3 Å². The van der Waals surface area contributed by atoms with Crippen LogP contribution in [0.1, 0.15) is 12.0 Å². The third kappa shape index (κ3) is 5.50. The number of benzene rings is 9. The lowest BCUT2D eigenvalue weighted by Gasteiger charge is -2.33. The second kappa shape index (κ2) is 14.0. The first-order valence-electron chi connectivity index (χ1n) is 21.4. The summed E-state index contributed by atoms with van der Waals surface area (Å²) in [5.41, 5.74) is 14.6. The molecular weight excluding hydrogens is 771 g/mol. The maximum Gasteiger partial charge on any atom is 0.0634 e. The zero-order chi connectivity index (χ0) is 40.7. The molecule has 0 saturated carbocycles. The lowest BCUT2D eigenvalue weighted by molar-refractivity contribution is 0.820. The van der Waals surface area contributed by atoms with Crippen LogP contribution in [-0.2, 0) is 0 Å². The number of hydrogen-bond acceptors (Lipinski definition) is 3. The minimum atomic E-state index is 0.232. The van der Waals surface area contributed by atoms with Crippen molar-refractivity contribution in [1.29, 1.82) is 0 Å². The highest BCUT2D eigenvalue weighted by molar-refractivity contribution is 7.25. The molecule has 3 nitrogen and oxygen atoms in total. The predicted molar refractivity (Wildman–Crippen MR) is 265 cm³/mol. The number of para-hydroxylation sites is 3. The predicted octanol–water partition coefficient (Wildman–Crippen LogP) is 16.0. The molecule has 13 rings (SSSR count). The van der Waals surface area contributed by atoms with Gasteiger partial charge < -0.3 is 14.4 Å². The van der Waals surface area contributed by atoms with E-state index >= 15 is 0 Å². The summed E-state index contributed by atoms with van der Waals surface area (Å²) < 4.78 is 5.04. The Balaban J connectivity index is 0.894. The van der Waals surface area contributed by atoms with Gasteiger partial charge in [-0.05, 0) is 125 Å². The molecule has 0 saturated heterocycles. The summed E-state index contributed by atoms with van der Waals surface area (Å²) in [6.45, 7) is 0. The number of nitrogens with zero attached hydrogens (tertiary/aromatic N) is 3. The van der Waals surface area contributed by atoms with Crippen LogP contribution in [0.15, 0.2) is 224 Å². The highest BCUT2D eigenvalue weighted by atomic mass is 32.1. The van der Waals surface area contributed by atoms with E-state index in [0.29, 0.717) is 0 Å². The van der Waals surface area contributed by atoms with Gasteiger partial charge in [0.25, 0.3) is 0 Å². The molecule has 3 heterocycles. The van der Waals surface area contributed by atoms with Crippen molar-refractivity contribution in [3.8, 4) is 16.8 Å². The Bertz CT molecular complexity index is 3610. The zero-order valence-corrected chi connectivity index (χ0v) is 34.6. The lowest BCUT2D eigenvalue weighted by atomic mass is 9.93. The van der Waals surface area contributed by atoms with Gasteiger partial charge in [0.2, 0.25) is 0 Å². The maximum absolute atomic E-state index is 2.52. The summed E-state index contributed by atoms with van der Waals surface area (Å²) in [5, 5.41) is 7.67. The molecule has 0 spiro atoms. The van der Waals surface area contributed by atoms with Gasteiger partial charge in [0.1, 0.15) is 0 Å². The van der Waals surface area contributed by atoms with E-state index in [9.17, 15) is 0 Å². The van der Waals surface area contributed by atoms with Crippen molar-refractivity contribution in [2.24, 2.45) is 0 Å². The first kappa shape index (κ1) is 35.1. The molecule has 1 atom stereocenters. The number of rotatable bonds is 6. The highest BCUT2D eigenvalue weighted by Gasteiger charge is 2.36. The maximum atomic E-state index is 2.52. The van der Waals surface area contributed by atoms with E-state index in [4.69, 9.17) is 0 Å². The Morgan fingerprint density at radius 2 is 1.13 bits per heavy atom. The van der Waals surface area contributed by atoms with Crippen LogP contribution in [0.4, 0.5) is 22.7 Å². The minimum Gasteiger partial charge on any atom is -0.333 e. The van der Waals surface area contributed by atoms with Crippen molar-refractivity contribution < 1.29 is 0 Å². The molecule has 0 fully saturated rings. The molecule has 0 N–H and O–H groups in total. The Labute approximate surface area is 364 Å². The number of fused-ring (bicyclic) bond motifs is 10. The number of thiophene rings is 1. The van der Waals surface area contributed by atoms with E-state index < -0.39 is 0 Å². The van der Waals surface area contributed by atoms with Gasteiger partial charge in [-0.3, -0.25) is 0 Å². The zero-order valence-electron chi connectivity index (χ0n) is 33.8. The summed E-state index contributed by atoms with van der Waals surface area (Å²) in [7, 11) is 0. The van der Waals surface area contributed by atoms with Crippen LogP contribution in [0.25, 0.3) is 75.1 Å². The monoisotopic (exact) mass is 809 g/mol. The summed E-state index contributed by atoms with van der Waals surface area (Å²) in [6.07, 6.45) is 5.78. The van der Waals surface area contributed by atoms with Gasteiger partial charge in [-0.2, -0.15) is 0 Å². The average Bonchev–Trinajstić information content (AvgIpc) is 3.99. The fourth-order valence-corrected chi connectivity index (χ4v) is 11.3. The number of anilines is 4. The number of aromatic nitrogens is 1. The van der Waals surface area contributed by atoms with Gasteiger partial charge in [0.15, 0.2) is 0 Å². The van der Waals surface area contributed by atoms with Crippen LogP contribution < -0.4 is 9.80 Å². The second-order valence-corrected chi connectivity index (χ2v) is 17.6. The Hall–Kier alpha value is -7.66. The van der Waals surface area contributed by atoms with Gasteiger partial charge in [0.05, 0.1) is 17.1 Å². The van der Waals surface area contributed by atoms with Crippen LogP contribution in [0.3, 0.4) is 0 Å². The van der Waals surface area contributed by atoms with Crippen molar-refractivity contribution in [2.75, 3.05) is 9.80 Å². The normalized spacial score (nSPS) is 14.7. The topological polar surface area (TPSA) is 11.4 Å². The van der Waals surface area contributed by atoms with E-state index in [0.717, 1.165) is 23.5 Å². The molecular formula is C58H39N3S. The SMILES string of the molecule is C1=C2c3ccccc3N(c3ccccc3)C2CC=C1N(c1ccc(-c2ccc(-n3c4ccccc4c4cc5ccccc5cc43)cc2)cc1)c1ccc2sc3ccccc3c2c1. The molecule has 9 aromatic carbocycles. The Morgan fingerprint density at radius 1 is 0.468 bits per heavy atom. The molecule has 0 amide bonds. The van der Waals surface area contributed by atoms with Crippen molar-refractivity contribution in [2.45, 2.75) is 12.5 Å². The smallest absolute Gasteiger partial charge is 0.0634 e. The van der Waals surface area contributed by atoms with E-state index in [1.807, 2.05) is 11.3 Å². The van der Waals surface area contributed by atoms with Gasteiger partial charge in [-0.25, -0.2) is 0 Å². The highest BCUT2D eigenvalue weighted by Crippen LogP contribution is 2.49. The summed E-state index contributed by atoms with van der Waals surface area (Å²) in [6, 6.07) is 76.1. The molecule has 62 heavy (non-hydrogen) atoms. The van der Waals surface area contributed by atoms with Crippen LogP contribution in [0, 0.1) is 0 Å². The average molecular weight is 810 g/mol. The van der Waals surface area contributed by atoms with Crippen molar-refractivity contribution in [3.05, 3.63) is 230 Å². The summed E-state index contributed by atoms with van der Waals surface area (Å²) >= 11 is 1.87. The first-order chi connectivity index (χ1) is 30.7. The molecule has 1 unspecified atom stereocenters.